The van der Waals surface area contributed by atoms with Gasteiger partial charge in [0.15, 0.2) is 5.78 Å². The predicted octanol–water partition coefficient (Wildman–Crippen LogP) is 1.27. The lowest BCUT2D eigenvalue weighted by Gasteiger charge is -2.36. The van der Waals surface area contributed by atoms with Gasteiger partial charge in [-0.1, -0.05) is 12.1 Å². The summed E-state index contributed by atoms with van der Waals surface area (Å²) in [6, 6.07) is 5.61. The fourth-order valence-electron chi connectivity index (χ4n) is 3.06. The lowest BCUT2D eigenvalue weighted by Crippen LogP contribution is -2.48. The molecular formula is C18H24N2O6S. The monoisotopic (exact) mass is 396 g/mol. The Morgan fingerprint density at radius 2 is 1.96 bits per heavy atom. The van der Waals surface area contributed by atoms with E-state index in [0.29, 0.717) is 12.8 Å². The first-order valence-corrected chi connectivity index (χ1v) is 10.2. The summed E-state index contributed by atoms with van der Waals surface area (Å²) in [5.41, 5.74) is 0.288. The molecule has 1 saturated heterocycles. The lowest BCUT2D eigenvalue weighted by atomic mass is 9.93. The highest BCUT2D eigenvalue weighted by atomic mass is 32.2. The van der Waals surface area contributed by atoms with Gasteiger partial charge >= 0.3 is 5.97 Å². The average molecular weight is 396 g/mol. The van der Waals surface area contributed by atoms with Gasteiger partial charge < -0.3 is 10.0 Å². The number of hydrogen-bond acceptors (Lipinski definition) is 5. The molecule has 0 bridgehead atoms. The third-order valence-corrected chi connectivity index (χ3v) is 6.19. The minimum absolute atomic E-state index is 0.0417. The number of sulfonamides is 1. The first kappa shape index (κ1) is 21.0. The Bertz CT molecular complexity index is 836. The second-order valence-corrected chi connectivity index (χ2v) is 8.51. The van der Waals surface area contributed by atoms with Crippen LogP contribution in [0.5, 0.6) is 0 Å². The van der Waals surface area contributed by atoms with Gasteiger partial charge in [0.1, 0.15) is 0 Å². The van der Waals surface area contributed by atoms with Crippen molar-refractivity contribution in [2.45, 2.75) is 44.0 Å². The molecule has 0 aliphatic carbocycles. The molecule has 27 heavy (non-hydrogen) atoms. The molecule has 1 amide bonds. The number of hydrogen-bond donors (Lipinski definition) is 2. The van der Waals surface area contributed by atoms with Crippen molar-refractivity contribution in [1.29, 1.82) is 0 Å². The minimum Gasteiger partial charge on any atom is -0.481 e. The summed E-state index contributed by atoms with van der Waals surface area (Å²) in [5, 5.41) is 9.14. The molecule has 148 valence electrons. The van der Waals surface area contributed by atoms with Crippen LogP contribution in [0.25, 0.3) is 0 Å². The molecule has 1 aromatic rings. The molecule has 0 saturated carbocycles. The third kappa shape index (κ3) is 5.36. The van der Waals surface area contributed by atoms with E-state index in [2.05, 4.69) is 4.72 Å². The molecule has 1 aliphatic heterocycles. The number of carboxylic acids is 1. The van der Waals surface area contributed by atoms with Gasteiger partial charge in [-0.3, -0.25) is 14.4 Å². The number of carbonyl (C=O) groups is 3. The maximum atomic E-state index is 12.4. The molecule has 2 N–H and O–H groups in total. The second-order valence-electron chi connectivity index (χ2n) is 6.74. The highest BCUT2D eigenvalue weighted by Crippen LogP contribution is 2.22. The van der Waals surface area contributed by atoms with Crippen molar-refractivity contribution in [2.24, 2.45) is 5.92 Å². The summed E-state index contributed by atoms with van der Waals surface area (Å²) in [6.07, 6.45) is 1.06. The summed E-state index contributed by atoms with van der Waals surface area (Å²) < 4.78 is 27.0. The van der Waals surface area contributed by atoms with Gasteiger partial charge in [-0.15, -0.1) is 0 Å². The van der Waals surface area contributed by atoms with Crippen LogP contribution in [-0.4, -0.2) is 55.2 Å². The van der Waals surface area contributed by atoms with Crippen molar-refractivity contribution in [2.75, 3.05) is 13.1 Å². The third-order valence-electron chi connectivity index (χ3n) is 4.73. The fraction of sp³-hybridized carbons (Fsp3) is 0.500. The van der Waals surface area contributed by atoms with E-state index >= 15 is 0 Å². The Balaban J connectivity index is 1.96. The Morgan fingerprint density at radius 1 is 1.26 bits per heavy atom. The van der Waals surface area contributed by atoms with Gasteiger partial charge in [0.25, 0.3) is 0 Å². The van der Waals surface area contributed by atoms with Crippen molar-refractivity contribution in [1.82, 2.24) is 9.62 Å². The van der Waals surface area contributed by atoms with Crippen LogP contribution in [0.2, 0.25) is 0 Å². The summed E-state index contributed by atoms with van der Waals surface area (Å²) in [7, 11) is -3.85. The Labute approximate surface area is 158 Å². The first-order chi connectivity index (χ1) is 12.6. The maximum absolute atomic E-state index is 12.4. The van der Waals surface area contributed by atoms with E-state index in [4.69, 9.17) is 5.11 Å². The number of rotatable bonds is 7. The van der Waals surface area contributed by atoms with E-state index in [1.807, 2.05) is 6.92 Å². The molecule has 9 heteroatoms. The zero-order chi connectivity index (χ0) is 20.2. The van der Waals surface area contributed by atoms with Crippen LogP contribution in [0.15, 0.2) is 29.2 Å². The Hall–Kier alpha value is -2.26. The molecular weight excluding hydrogens is 372 g/mol. The largest absolute Gasteiger partial charge is 0.481 e. The molecule has 1 aliphatic rings. The highest BCUT2D eigenvalue weighted by molar-refractivity contribution is 7.89. The van der Waals surface area contributed by atoms with Gasteiger partial charge in [-0.05, 0) is 38.8 Å². The van der Waals surface area contributed by atoms with E-state index in [0.717, 1.165) is 0 Å². The van der Waals surface area contributed by atoms with Gasteiger partial charge in [-0.2, -0.15) is 0 Å². The van der Waals surface area contributed by atoms with E-state index < -0.39 is 21.9 Å². The van der Waals surface area contributed by atoms with Crippen molar-refractivity contribution in [3.8, 4) is 0 Å². The quantitative estimate of drug-likeness (QED) is 0.670. The zero-order valence-corrected chi connectivity index (χ0v) is 16.2. The Kier molecular flexibility index (Phi) is 6.72. The number of nitrogens with zero attached hydrogens (tertiary/aromatic N) is 1. The van der Waals surface area contributed by atoms with Crippen molar-refractivity contribution >= 4 is 27.7 Å². The number of carbonyl (C=O) groups excluding carboxylic acids is 2. The molecule has 8 nitrogen and oxygen atoms in total. The van der Waals surface area contributed by atoms with Gasteiger partial charge in [0, 0.05) is 31.1 Å². The molecule has 2 rings (SSSR count). The molecule has 0 aromatic heterocycles. The number of likely N-dealkylation sites (tertiary alicyclic amines) is 1. The molecule has 1 heterocycles. The second kappa shape index (κ2) is 8.62. The number of amides is 1. The number of ketones is 1. The number of piperidine rings is 1. The standard InChI is InChI=1S/C18H24N2O6S/c1-12-6-7-15(18(23)24)11-20(12)17(22)8-9-19-27(25,26)16-5-3-4-14(10-16)13(2)21/h3-5,10,12,15,19H,6-9,11H2,1-2H3,(H,23,24). The van der Waals surface area contributed by atoms with E-state index in [1.165, 1.54) is 36.1 Å². The van der Waals surface area contributed by atoms with Crippen LogP contribution in [0.3, 0.4) is 0 Å². The summed E-state index contributed by atoms with van der Waals surface area (Å²) in [4.78, 5) is 36.4. The van der Waals surface area contributed by atoms with Crippen molar-refractivity contribution in [3.05, 3.63) is 29.8 Å². The van der Waals surface area contributed by atoms with E-state index in [1.54, 1.807) is 0 Å². The van der Waals surface area contributed by atoms with Crippen molar-refractivity contribution < 1.29 is 27.9 Å². The lowest BCUT2D eigenvalue weighted by molar-refractivity contribution is -0.147. The SMILES string of the molecule is CC(=O)c1cccc(S(=O)(=O)NCCC(=O)N2CC(C(=O)O)CCC2C)c1. The van der Waals surface area contributed by atoms with Crippen LogP contribution in [0.1, 0.15) is 43.5 Å². The smallest absolute Gasteiger partial charge is 0.308 e. The molecule has 0 spiro atoms. The van der Waals surface area contributed by atoms with Crippen LogP contribution in [-0.2, 0) is 19.6 Å². The van der Waals surface area contributed by atoms with Gasteiger partial charge in [-0.25, -0.2) is 13.1 Å². The highest BCUT2D eigenvalue weighted by Gasteiger charge is 2.32. The maximum Gasteiger partial charge on any atom is 0.308 e. The summed E-state index contributed by atoms with van der Waals surface area (Å²) >= 11 is 0. The topological polar surface area (TPSA) is 121 Å². The number of nitrogens with one attached hydrogen (secondary N) is 1. The van der Waals surface area contributed by atoms with Crippen LogP contribution < -0.4 is 4.72 Å². The van der Waals surface area contributed by atoms with Gasteiger partial charge in [0.05, 0.1) is 10.8 Å². The summed E-state index contributed by atoms with van der Waals surface area (Å²) in [6.45, 7) is 3.24. The Morgan fingerprint density at radius 3 is 2.59 bits per heavy atom. The van der Waals surface area contributed by atoms with E-state index in [-0.39, 0.29) is 47.7 Å². The first-order valence-electron chi connectivity index (χ1n) is 8.74. The number of Topliss-reactive ketones (excluding diaryl/α,β-unsaturated/α-hetero) is 1. The van der Waals surface area contributed by atoms with Crippen LogP contribution in [0.4, 0.5) is 0 Å². The minimum atomic E-state index is -3.85. The normalized spacial score (nSPS) is 20.3. The zero-order valence-electron chi connectivity index (χ0n) is 15.3. The molecule has 0 radical (unpaired) electrons. The van der Waals surface area contributed by atoms with Crippen LogP contribution >= 0.6 is 0 Å². The van der Waals surface area contributed by atoms with E-state index in [9.17, 15) is 22.8 Å². The number of carboxylic acid groups (broad SMARTS) is 1. The average Bonchev–Trinajstić information content (AvgIpc) is 2.61. The molecule has 2 unspecified atom stereocenters. The molecule has 2 atom stereocenters. The summed E-state index contributed by atoms with van der Waals surface area (Å²) in [5.74, 6) is -2.04. The van der Waals surface area contributed by atoms with Crippen LogP contribution in [0, 0.1) is 5.92 Å². The molecule has 1 aromatic carbocycles. The molecule has 1 fully saturated rings. The van der Waals surface area contributed by atoms with Crippen molar-refractivity contribution in [3.63, 3.8) is 0 Å². The number of benzene rings is 1. The predicted molar refractivity (Wildman–Crippen MR) is 97.8 cm³/mol. The fourth-order valence-corrected chi connectivity index (χ4v) is 4.13. The van der Waals surface area contributed by atoms with Gasteiger partial charge in [0.2, 0.25) is 15.9 Å². The number of aliphatic carboxylic acids is 1.